The summed E-state index contributed by atoms with van der Waals surface area (Å²) >= 11 is 5.62. The number of nitrogens with two attached hydrogens (primary N) is 1. The number of aromatic nitrogens is 2. The molecule has 0 atom stereocenters. The van der Waals surface area contributed by atoms with Gasteiger partial charge < -0.3 is 11.1 Å². The number of rotatable bonds is 1. The second-order valence-electron chi connectivity index (χ2n) is 2.30. The molecule has 0 aromatic carbocycles. The van der Waals surface area contributed by atoms with E-state index in [0.717, 1.165) is 0 Å². The SMILES string of the molecule is CNCC#Cc1cc(Cl)nnc1N. The molecule has 1 aromatic heterocycles. The van der Waals surface area contributed by atoms with Crippen molar-refractivity contribution in [3.8, 4) is 11.8 Å². The number of nitrogens with zero attached hydrogens (tertiary/aromatic N) is 2. The van der Waals surface area contributed by atoms with Gasteiger partial charge in [0.2, 0.25) is 0 Å². The summed E-state index contributed by atoms with van der Waals surface area (Å²) < 4.78 is 0. The number of nitrogens with one attached hydrogen (secondary N) is 1. The summed E-state index contributed by atoms with van der Waals surface area (Å²) in [5.74, 6) is 5.98. The Hall–Kier alpha value is -1.31. The van der Waals surface area contributed by atoms with Gasteiger partial charge in [0.15, 0.2) is 11.0 Å². The molecule has 0 unspecified atom stereocenters. The second kappa shape index (κ2) is 4.65. The van der Waals surface area contributed by atoms with Gasteiger partial charge in [0.1, 0.15) is 0 Å². The van der Waals surface area contributed by atoms with Crippen LogP contribution in [0.1, 0.15) is 5.56 Å². The number of hydrogen-bond acceptors (Lipinski definition) is 4. The molecule has 0 saturated carbocycles. The Morgan fingerprint density at radius 2 is 2.38 bits per heavy atom. The Morgan fingerprint density at radius 3 is 3.08 bits per heavy atom. The molecule has 5 heteroatoms. The summed E-state index contributed by atoms with van der Waals surface area (Å²) in [6, 6.07) is 1.59. The molecule has 1 rings (SSSR count). The van der Waals surface area contributed by atoms with Crippen LogP contribution in [0, 0.1) is 11.8 Å². The van der Waals surface area contributed by atoms with Gasteiger partial charge in [0.05, 0.1) is 12.1 Å². The molecule has 1 heterocycles. The van der Waals surface area contributed by atoms with Crippen molar-refractivity contribution in [3.05, 3.63) is 16.8 Å². The van der Waals surface area contributed by atoms with E-state index in [4.69, 9.17) is 17.3 Å². The highest BCUT2D eigenvalue weighted by Crippen LogP contribution is 2.10. The highest BCUT2D eigenvalue weighted by Gasteiger charge is 1.98. The average molecular weight is 197 g/mol. The van der Waals surface area contributed by atoms with Gasteiger partial charge in [-0.1, -0.05) is 23.4 Å². The van der Waals surface area contributed by atoms with E-state index in [1.165, 1.54) is 0 Å². The largest absolute Gasteiger partial charge is 0.381 e. The first-order chi connectivity index (χ1) is 6.24. The van der Waals surface area contributed by atoms with Crippen molar-refractivity contribution in [2.45, 2.75) is 0 Å². The van der Waals surface area contributed by atoms with E-state index in [9.17, 15) is 0 Å². The lowest BCUT2D eigenvalue weighted by atomic mass is 10.3. The maximum Gasteiger partial charge on any atom is 0.162 e. The Labute approximate surface area is 81.5 Å². The van der Waals surface area contributed by atoms with Crippen molar-refractivity contribution in [2.75, 3.05) is 19.3 Å². The lowest BCUT2D eigenvalue weighted by Gasteiger charge is -1.94. The van der Waals surface area contributed by atoms with Crippen LogP contribution in [-0.4, -0.2) is 23.8 Å². The van der Waals surface area contributed by atoms with E-state index in [1.807, 2.05) is 7.05 Å². The first-order valence-corrected chi connectivity index (χ1v) is 4.04. The van der Waals surface area contributed by atoms with Crippen molar-refractivity contribution >= 4 is 17.4 Å². The van der Waals surface area contributed by atoms with Gasteiger partial charge in [-0.15, -0.1) is 10.2 Å². The standard InChI is InChI=1S/C8H9ClN4/c1-11-4-2-3-6-5-7(9)12-13-8(6)10/h5,11H,4H2,1H3,(H2,10,13). The molecule has 0 bridgehead atoms. The minimum Gasteiger partial charge on any atom is -0.381 e. The minimum atomic E-state index is 0.294. The third-order valence-electron chi connectivity index (χ3n) is 1.28. The molecule has 13 heavy (non-hydrogen) atoms. The Kier molecular flexibility index (Phi) is 3.50. The summed E-state index contributed by atoms with van der Waals surface area (Å²) in [4.78, 5) is 0. The van der Waals surface area contributed by atoms with E-state index < -0.39 is 0 Å². The third-order valence-corrected chi connectivity index (χ3v) is 1.47. The van der Waals surface area contributed by atoms with Crippen molar-refractivity contribution in [2.24, 2.45) is 0 Å². The number of nitrogen functional groups attached to an aromatic ring is 1. The van der Waals surface area contributed by atoms with Crippen molar-refractivity contribution in [1.29, 1.82) is 0 Å². The zero-order valence-electron chi connectivity index (χ0n) is 7.13. The van der Waals surface area contributed by atoms with Crippen LogP contribution < -0.4 is 11.1 Å². The number of halogens is 1. The molecule has 0 aliphatic rings. The van der Waals surface area contributed by atoms with E-state index >= 15 is 0 Å². The third kappa shape index (κ3) is 2.90. The summed E-state index contributed by atoms with van der Waals surface area (Å²) in [6.07, 6.45) is 0. The van der Waals surface area contributed by atoms with Crippen LogP contribution in [0.2, 0.25) is 5.15 Å². The molecule has 68 valence electrons. The number of hydrogen-bond donors (Lipinski definition) is 2. The molecule has 0 fully saturated rings. The van der Waals surface area contributed by atoms with E-state index in [1.54, 1.807) is 6.07 Å². The van der Waals surface area contributed by atoms with Crippen LogP contribution >= 0.6 is 11.6 Å². The summed E-state index contributed by atoms with van der Waals surface area (Å²) in [7, 11) is 1.82. The first kappa shape index (κ1) is 9.78. The maximum absolute atomic E-state index is 5.62. The van der Waals surface area contributed by atoms with Gasteiger partial charge in [-0.05, 0) is 13.1 Å². The molecule has 0 saturated heterocycles. The molecule has 0 spiro atoms. The van der Waals surface area contributed by atoms with E-state index in [2.05, 4.69) is 27.4 Å². The van der Waals surface area contributed by atoms with Crippen LogP contribution in [0.15, 0.2) is 6.07 Å². The van der Waals surface area contributed by atoms with Crippen LogP contribution in [0.3, 0.4) is 0 Å². The maximum atomic E-state index is 5.62. The number of anilines is 1. The molecular formula is C8H9ClN4. The normalized spacial score (nSPS) is 9.08. The fraction of sp³-hybridized carbons (Fsp3) is 0.250. The molecule has 1 aromatic rings. The molecule has 0 aliphatic heterocycles. The Morgan fingerprint density at radius 1 is 1.62 bits per heavy atom. The average Bonchev–Trinajstić information content (AvgIpc) is 2.11. The molecule has 4 nitrogen and oxygen atoms in total. The lowest BCUT2D eigenvalue weighted by Crippen LogP contribution is -2.04. The summed E-state index contributed by atoms with van der Waals surface area (Å²) in [6.45, 7) is 0.597. The van der Waals surface area contributed by atoms with Gasteiger partial charge in [0, 0.05) is 0 Å². The fourth-order valence-electron chi connectivity index (χ4n) is 0.705. The van der Waals surface area contributed by atoms with Crippen molar-refractivity contribution < 1.29 is 0 Å². The van der Waals surface area contributed by atoms with Crippen molar-refractivity contribution in [1.82, 2.24) is 15.5 Å². The zero-order valence-corrected chi connectivity index (χ0v) is 7.89. The van der Waals surface area contributed by atoms with Crippen molar-refractivity contribution in [3.63, 3.8) is 0 Å². The highest BCUT2D eigenvalue weighted by molar-refractivity contribution is 6.29. The van der Waals surface area contributed by atoms with E-state index in [0.29, 0.717) is 23.1 Å². The Balaban J connectivity index is 2.89. The quantitative estimate of drug-likeness (QED) is 0.634. The monoisotopic (exact) mass is 196 g/mol. The van der Waals surface area contributed by atoms with Gasteiger partial charge in [-0.2, -0.15) is 0 Å². The minimum absolute atomic E-state index is 0.294. The lowest BCUT2D eigenvalue weighted by molar-refractivity contribution is 0.938. The van der Waals surface area contributed by atoms with Crippen LogP contribution in [0.5, 0.6) is 0 Å². The first-order valence-electron chi connectivity index (χ1n) is 3.66. The van der Waals surface area contributed by atoms with Gasteiger partial charge in [-0.25, -0.2) is 0 Å². The van der Waals surface area contributed by atoms with Crippen LogP contribution in [0.4, 0.5) is 5.82 Å². The van der Waals surface area contributed by atoms with Crippen LogP contribution in [-0.2, 0) is 0 Å². The molecular weight excluding hydrogens is 188 g/mol. The Bertz CT molecular complexity index is 353. The topological polar surface area (TPSA) is 63.8 Å². The highest BCUT2D eigenvalue weighted by atomic mass is 35.5. The van der Waals surface area contributed by atoms with Gasteiger partial charge in [0.25, 0.3) is 0 Å². The predicted octanol–water partition coefficient (Wildman–Crippen LogP) is 0.283. The van der Waals surface area contributed by atoms with Gasteiger partial charge in [-0.3, -0.25) is 0 Å². The smallest absolute Gasteiger partial charge is 0.162 e. The predicted molar refractivity (Wildman–Crippen MR) is 52.3 cm³/mol. The van der Waals surface area contributed by atoms with Crippen LogP contribution in [0.25, 0.3) is 0 Å². The molecule has 0 aliphatic carbocycles. The zero-order chi connectivity index (χ0) is 9.68. The second-order valence-corrected chi connectivity index (χ2v) is 2.69. The molecule has 0 amide bonds. The fourth-order valence-corrected chi connectivity index (χ4v) is 0.852. The molecule has 3 N–H and O–H groups in total. The van der Waals surface area contributed by atoms with Gasteiger partial charge >= 0.3 is 0 Å². The summed E-state index contributed by atoms with van der Waals surface area (Å²) in [5, 5.41) is 10.4. The van der Waals surface area contributed by atoms with E-state index in [-0.39, 0.29) is 0 Å². The molecule has 0 radical (unpaired) electrons. The summed E-state index contributed by atoms with van der Waals surface area (Å²) in [5.41, 5.74) is 6.12.